The third-order valence-electron chi connectivity index (χ3n) is 6.04. The van der Waals surface area contributed by atoms with Crippen LogP contribution in [0.15, 0.2) is 97.1 Å². The maximum Gasteiger partial charge on any atom is 0.160 e. The highest BCUT2D eigenvalue weighted by molar-refractivity contribution is 7.27. The molecule has 0 spiro atoms. The van der Waals surface area contributed by atoms with Gasteiger partial charge in [0.15, 0.2) is 5.82 Å². The van der Waals surface area contributed by atoms with E-state index < -0.39 is 0 Å². The summed E-state index contributed by atoms with van der Waals surface area (Å²) in [5.41, 5.74) is 6.46. The zero-order valence-corrected chi connectivity index (χ0v) is 17.9. The van der Waals surface area contributed by atoms with E-state index in [2.05, 4.69) is 77.8 Å². The van der Waals surface area contributed by atoms with Crippen molar-refractivity contribution in [2.45, 2.75) is 0 Å². The van der Waals surface area contributed by atoms with Crippen molar-refractivity contribution in [1.82, 2.24) is 15.0 Å². The Morgan fingerprint density at radius 3 is 2.06 bits per heavy atom. The fourth-order valence-corrected chi connectivity index (χ4v) is 5.78. The normalized spacial score (nSPS) is 11.8. The molecule has 0 aliphatic rings. The molecule has 0 bridgehead atoms. The topological polar surface area (TPSA) is 41.6 Å². The van der Waals surface area contributed by atoms with E-state index in [-0.39, 0.29) is 0 Å². The Hall–Kier alpha value is -4.02. The average molecular weight is 428 g/mol. The van der Waals surface area contributed by atoms with E-state index in [9.17, 15) is 0 Å². The molecule has 3 heterocycles. The van der Waals surface area contributed by atoms with Crippen molar-refractivity contribution in [1.29, 1.82) is 0 Å². The summed E-state index contributed by atoms with van der Waals surface area (Å²) in [7, 11) is 0. The summed E-state index contributed by atoms with van der Waals surface area (Å²) in [6.07, 6.45) is 0. The molecule has 0 aliphatic carbocycles. The third kappa shape index (κ3) is 2.53. The Labute approximate surface area is 188 Å². The molecule has 0 amide bonds. The van der Waals surface area contributed by atoms with Crippen molar-refractivity contribution in [3.8, 4) is 22.6 Å². The zero-order chi connectivity index (χ0) is 21.1. The SMILES string of the molecule is c1ccc(-c2nc(-c3ccccc3)c3sc4c(ccc5c6ccccc6[nH]c54)c3n2)cc1. The Kier molecular flexibility index (Phi) is 3.72. The van der Waals surface area contributed by atoms with Crippen molar-refractivity contribution in [2.75, 3.05) is 0 Å². The van der Waals surface area contributed by atoms with Crippen molar-refractivity contribution in [3.05, 3.63) is 97.1 Å². The van der Waals surface area contributed by atoms with Crippen LogP contribution in [0.1, 0.15) is 0 Å². The number of fused-ring (bicyclic) bond motifs is 7. The molecule has 0 radical (unpaired) electrons. The van der Waals surface area contributed by atoms with Crippen molar-refractivity contribution < 1.29 is 0 Å². The van der Waals surface area contributed by atoms with E-state index in [0.717, 1.165) is 38.4 Å². The fraction of sp³-hybridized carbons (Fsp3) is 0. The minimum Gasteiger partial charge on any atom is -0.353 e. The number of hydrogen-bond donors (Lipinski definition) is 1. The predicted molar refractivity (Wildman–Crippen MR) is 135 cm³/mol. The predicted octanol–water partition coefficient (Wildman–Crippen LogP) is 7.81. The van der Waals surface area contributed by atoms with Gasteiger partial charge in [0.05, 0.1) is 26.1 Å². The van der Waals surface area contributed by atoms with Crippen LogP contribution in [0.3, 0.4) is 0 Å². The first-order chi connectivity index (χ1) is 15.9. The first-order valence-corrected chi connectivity index (χ1v) is 11.4. The molecule has 1 N–H and O–H groups in total. The lowest BCUT2D eigenvalue weighted by atomic mass is 10.1. The van der Waals surface area contributed by atoms with Gasteiger partial charge < -0.3 is 4.98 Å². The fourth-order valence-electron chi connectivity index (χ4n) is 4.53. The summed E-state index contributed by atoms with van der Waals surface area (Å²) < 4.78 is 2.35. The number of aromatic amines is 1. The Morgan fingerprint density at radius 2 is 1.25 bits per heavy atom. The minimum atomic E-state index is 0.758. The lowest BCUT2D eigenvalue weighted by Gasteiger charge is -2.06. The summed E-state index contributed by atoms with van der Waals surface area (Å²) in [4.78, 5) is 13.8. The molecule has 0 saturated heterocycles. The van der Waals surface area contributed by atoms with Crippen LogP contribution in [0, 0.1) is 0 Å². The van der Waals surface area contributed by atoms with E-state index in [1.807, 2.05) is 24.3 Å². The summed E-state index contributed by atoms with van der Waals surface area (Å²) in [5, 5.41) is 3.67. The van der Waals surface area contributed by atoms with Crippen LogP contribution in [0.4, 0.5) is 0 Å². The molecular formula is C28H17N3S. The number of H-pyrrole nitrogens is 1. The molecule has 32 heavy (non-hydrogen) atoms. The highest BCUT2D eigenvalue weighted by Gasteiger charge is 2.18. The van der Waals surface area contributed by atoms with Crippen molar-refractivity contribution >= 4 is 53.4 Å². The number of nitrogens with one attached hydrogen (secondary N) is 1. The molecule has 7 aromatic rings. The monoisotopic (exact) mass is 427 g/mol. The molecule has 150 valence electrons. The molecule has 3 aromatic heterocycles. The number of aromatic nitrogens is 3. The number of para-hydroxylation sites is 1. The van der Waals surface area contributed by atoms with Crippen molar-refractivity contribution in [3.63, 3.8) is 0 Å². The second-order valence-electron chi connectivity index (χ2n) is 7.94. The van der Waals surface area contributed by atoms with Gasteiger partial charge in [0.1, 0.15) is 0 Å². The lowest BCUT2D eigenvalue weighted by molar-refractivity contribution is 1.24. The van der Waals surface area contributed by atoms with Gasteiger partial charge in [-0.3, -0.25) is 0 Å². The average Bonchev–Trinajstić information content (AvgIpc) is 3.43. The van der Waals surface area contributed by atoms with E-state index >= 15 is 0 Å². The van der Waals surface area contributed by atoms with Gasteiger partial charge in [-0.1, -0.05) is 91.0 Å². The molecule has 4 heteroatoms. The van der Waals surface area contributed by atoms with Gasteiger partial charge in [-0.05, 0) is 6.07 Å². The number of benzene rings is 4. The zero-order valence-electron chi connectivity index (χ0n) is 17.0. The summed E-state index contributed by atoms with van der Waals surface area (Å²) in [5.74, 6) is 0.758. The Balaban J connectivity index is 1.63. The maximum atomic E-state index is 5.07. The Morgan fingerprint density at radius 1 is 0.562 bits per heavy atom. The minimum absolute atomic E-state index is 0.758. The molecule has 0 aliphatic heterocycles. The highest BCUT2D eigenvalue weighted by atomic mass is 32.1. The molecular weight excluding hydrogens is 410 g/mol. The van der Waals surface area contributed by atoms with Gasteiger partial charge in [-0.15, -0.1) is 11.3 Å². The van der Waals surface area contributed by atoms with E-state index in [1.54, 1.807) is 11.3 Å². The van der Waals surface area contributed by atoms with Gasteiger partial charge >= 0.3 is 0 Å². The van der Waals surface area contributed by atoms with Crippen LogP contribution in [-0.4, -0.2) is 15.0 Å². The van der Waals surface area contributed by atoms with Crippen LogP contribution in [0.5, 0.6) is 0 Å². The van der Waals surface area contributed by atoms with Crippen LogP contribution in [-0.2, 0) is 0 Å². The second-order valence-corrected chi connectivity index (χ2v) is 8.96. The quantitative estimate of drug-likeness (QED) is 0.306. The number of thiophene rings is 1. The van der Waals surface area contributed by atoms with Crippen molar-refractivity contribution in [2.24, 2.45) is 0 Å². The van der Waals surface area contributed by atoms with Crippen LogP contribution < -0.4 is 0 Å². The van der Waals surface area contributed by atoms with Gasteiger partial charge in [0.25, 0.3) is 0 Å². The maximum absolute atomic E-state index is 5.07. The Bertz CT molecular complexity index is 1760. The highest BCUT2D eigenvalue weighted by Crippen LogP contribution is 2.43. The molecule has 0 unspecified atom stereocenters. The first-order valence-electron chi connectivity index (χ1n) is 10.6. The van der Waals surface area contributed by atoms with Gasteiger partial charge in [-0.2, -0.15) is 0 Å². The van der Waals surface area contributed by atoms with Crippen LogP contribution in [0.2, 0.25) is 0 Å². The van der Waals surface area contributed by atoms with Crippen LogP contribution in [0.25, 0.3) is 64.8 Å². The summed E-state index contributed by atoms with van der Waals surface area (Å²) in [6, 6.07) is 33.6. The molecule has 3 nitrogen and oxygen atoms in total. The number of hydrogen-bond acceptors (Lipinski definition) is 3. The molecule has 7 rings (SSSR count). The number of rotatable bonds is 2. The summed E-state index contributed by atoms with van der Waals surface area (Å²) >= 11 is 1.78. The standard InChI is InChI=1S/C28H17N3S/c1-3-9-17(10-4-1)23-27-25(31-28(30-23)18-11-5-2-6-12-18)21-16-15-20-19-13-7-8-14-22(19)29-24(20)26(21)32-27/h1-16,29H. The molecule has 0 saturated carbocycles. The smallest absolute Gasteiger partial charge is 0.160 e. The number of nitrogens with zero attached hydrogens (tertiary/aromatic N) is 2. The lowest BCUT2D eigenvalue weighted by Crippen LogP contribution is -1.93. The third-order valence-corrected chi connectivity index (χ3v) is 7.26. The van der Waals surface area contributed by atoms with Crippen LogP contribution >= 0.6 is 11.3 Å². The molecule has 0 atom stereocenters. The second kappa shape index (κ2) is 6.74. The van der Waals surface area contributed by atoms with Gasteiger partial charge in [0.2, 0.25) is 0 Å². The van der Waals surface area contributed by atoms with Gasteiger partial charge in [0, 0.05) is 32.8 Å². The van der Waals surface area contributed by atoms with E-state index in [4.69, 9.17) is 9.97 Å². The van der Waals surface area contributed by atoms with E-state index in [1.165, 1.54) is 26.4 Å². The van der Waals surface area contributed by atoms with E-state index in [0.29, 0.717) is 0 Å². The first kappa shape index (κ1) is 17.6. The molecule has 0 fully saturated rings. The summed E-state index contributed by atoms with van der Waals surface area (Å²) in [6.45, 7) is 0. The largest absolute Gasteiger partial charge is 0.353 e. The molecule has 4 aromatic carbocycles. The van der Waals surface area contributed by atoms with Gasteiger partial charge in [-0.25, -0.2) is 9.97 Å².